The molecule has 21 heavy (non-hydrogen) atoms. The van der Waals surface area contributed by atoms with Gasteiger partial charge in [0.1, 0.15) is 9.71 Å². The SMILES string of the molecule is CC1(C)CCCCC1NC(=O)c1sc2ncccc2c1N. The fourth-order valence-corrected chi connectivity index (χ4v) is 4.07. The molecule has 1 atom stereocenters. The van der Waals surface area contributed by atoms with E-state index in [0.29, 0.717) is 10.6 Å². The zero-order valence-corrected chi connectivity index (χ0v) is 13.3. The van der Waals surface area contributed by atoms with E-state index in [1.165, 1.54) is 24.2 Å². The van der Waals surface area contributed by atoms with Gasteiger partial charge >= 0.3 is 0 Å². The third kappa shape index (κ3) is 2.62. The Morgan fingerprint density at radius 1 is 1.48 bits per heavy atom. The molecule has 1 saturated carbocycles. The lowest BCUT2D eigenvalue weighted by Gasteiger charge is -2.38. The fourth-order valence-electron chi connectivity index (χ4n) is 3.11. The highest BCUT2D eigenvalue weighted by Crippen LogP contribution is 2.37. The van der Waals surface area contributed by atoms with Gasteiger partial charge in [0.2, 0.25) is 0 Å². The normalized spacial score (nSPS) is 21.3. The first kappa shape index (κ1) is 14.3. The van der Waals surface area contributed by atoms with E-state index in [1.807, 2.05) is 12.1 Å². The van der Waals surface area contributed by atoms with Gasteiger partial charge in [0.15, 0.2) is 0 Å². The van der Waals surface area contributed by atoms with Crippen molar-refractivity contribution in [1.29, 1.82) is 0 Å². The summed E-state index contributed by atoms with van der Waals surface area (Å²) >= 11 is 1.37. The average molecular weight is 303 g/mol. The molecule has 0 spiro atoms. The number of fused-ring (bicyclic) bond motifs is 1. The summed E-state index contributed by atoms with van der Waals surface area (Å²) in [5.74, 6) is -0.0597. The van der Waals surface area contributed by atoms with Crippen LogP contribution in [0, 0.1) is 5.41 Å². The van der Waals surface area contributed by atoms with Crippen molar-refractivity contribution < 1.29 is 4.79 Å². The van der Waals surface area contributed by atoms with Crippen molar-refractivity contribution >= 4 is 33.1 Å². The van der Waals surface area contributed by atoms with E-state index in [2.05, 4.69) is 24.1 Å². The molecule has 1 aliphatic carbocycles. The highest BCUT2D eigenvalue weighted by molar-refractivity contribution is 7.21. The van der Waals surface area contributed by atoms with Gasteiger partial charge in [0.05, 0.1) is 5.69 Å². The van der Waals surface area contributed by atoms with E-state index in [9.17, 15) is 4.79 Å². The first-order chi connectivity index (χ1) is 9.99. The van der Waals surface area contributed by atoms with Gasteiger partial charge < -0.3 is 11.1 Å². The molecule has 0 aliphatic heterocycles. The standard InChI is InChI=1S/C16H21N3OS/c1-16(2)8-4-3-7-11(16)19-14(20)13-12(17)10-6-5-9-18-15(10)21-13/h5-6,9,11H,3-4,7-8,17H2,1-2H3,(H,19,20). The van der Waals surface area contributed by atoms with Crippen molar-refractivity contribution in [3.8, 4) is 0 Å². The molecule has 2 heterocycles. The second-order valence-corrected chi connectivity index (χ2v) is 7.46. The Hall–Kier alpha value is -1.62. The maximum absolute atomic E-state index is 12.6. The van der Waals surface area contributed by atoms with E-state index in [-0.39, 0.29) is 17.4 Å². The van der Waals surface area contributed by atoms with E-state index in [4.69, 9.17) is 5.73 Å². The lowest BCUT2D eigenvalue weighted by Crippen LogP contribution is -2.46. The summed E-state index contributed by atoms with van der Waals surface area (Å²) in [5.41, 5.74) is 6.82. The Morgan fingerprint density at radius 3 is 3.00 bits per heavy atom. The maximum atomic E-state index is 12.6. The van der Waals surface area contributed by atoms with Gasteiger partial charge in [-0.2, -0.15) is 0 Å². The molecule has 1 amide bonds. The molecule has 3 rings (SSSR count). The molecule has 2 aromatic heterocycles. The number of nitrogen functional groups attached to an aromatic ring is 1. The van der Waals surface area contributed by atoms with Gasteiger partial charge in [0.25, 0.3) is 5.91 Å². The highest BCUT2D eigenvalue weighted by atomic mass is 32.1. The van der Waals surface area contributed by atoms with Crippen LogP contribution in [0.1, 0.15) is 49.2 Å². The van der Waals surface area contributed by atoms with Gasteiger partial charge in [0, 0.05) is 17.6 Å². The number of carbonyl (C=O) groups excluding carboxylic acids is 1. The molecule has 112 valence electrons. The van der Waals surface area contributed by atoms with Crippen LogP contribution in [-0.4, -0.2) is 16.9 Å². The predicted octanol–water partition coefficient (Wildman–Crippen LogP) is 3.58. The summed E-state index contributed by atoms with van der Waals surface area (Å²) < 4.78 is 0. The minimum Gasteiger partial charge on any atom is -0.397 e. The Bertz CT molecular complexity index is 677. The van der Waals surface area contributed by atoms with Crippen LogP contribution in [0.3, 0.4) is 0 Å². The summed E-state index contributed by atoms with van der Waals surface area (Å²) in [7, 11) is 0. The van der Waals surface area contributed by atoms with Crippen LogP contribution >= 0.6 is 11.3 Å². The summed E-state index contributed by atoms with van der Waals surface area (Å²) in [6.07, 6.45) is 6.35. The van der Waals surface area contributed by atoms with Crippen molar-refractivity contribution in [3.63, 3.8) is 0 Å². The Balaban J connectivity index is 1.85. The molecule has 5 heteroatoms. The highest BCUT2D eigenvalue weighted by Gasteiger charge is 2.34. The zero-order chi connectivity index (χ0) is 15.0. The lowest BCUT2D eigenvalue weighted by atomic mass is 9.73. The predicted molar refractivity (Wildman–Crippen MR) is 87.5 cm³/mol. The van der Waals surface area contributed by atoms with Crippen molar-refractivity contribution in [2.45, 2.75) is 45.6 Å². The molecule has 0 aromatic carbocycles. The topological polar surface area (TPSA) is 68.0 Å². The molecule has 4 nitrogen and oxygen atoms in total. The largest absolute Gasteiger partial charge is 0.397 e. The lowest BCUT2D eigenvalue weighted by molar-refractivity contribution is 0.0858. The number of amides is 1. The molecule has 0 saturated heterocycles. The Kier molecular flexibility index (Phi) is 3.61. The number of hydrogen-bond donors (Lipinski definition) is 2. The number of anilines is 1. The number of aromatic nitrogens is 1. The third-order valence-corrected chi connectivity index (χ3v) is 5.65. The second kappa shape index (κ2) is 5.30. The summed E-state index contributed by atoms with van der Waals surface area (Å²) in [6, 6.07) is 3.98. The van der Waals surface area contributed by atoms with Crippen LogP contribution in [0.2, 0.25) is 0 Å². The van der Waals surface area contributed by atoms with Gasteiger partial charge in [-0.25, -0.2) is 4.98 Å². The van der Waals surface area contributed by atoms with E-state index in [0.717, 1.165) is 23.1 Å². The average Bonchev–Trinajstić information content (AvgIpc) is 2.79. The minimum atomic E-state index is -0.0597. The van der Waals surface area contributed by atoms with Crippen LogP contribution in [-0.2, 0) is 0 Å². The molecule has 1 unspecified atom stereocenters. The second-order valence-electron chi connectivity index (χ2n) is 6.46. The number of rotatable bonds is 2. The Morgan fingerprint density at radius 2 is 2.29 bits per heavy atom. The van der Waals surface area contributed by atoms with Crippen molar-refractivity contribution in [2.75, 3.05) is 5.73 Å². The molecule has 0 radical (unpaired) electrons. The third-order valence-electron chi connectivity index (χ3n) is 4.52. The van der Waals surface area contributed by atoms with Gasteiger partial charge in [-0.05, 0) is 30.4 Å². The van der Waals surface area contributed by atoms with Gasteiger partial charge in [-0.3, -0.25) is 4.79 Å². The monoisotopic (exact) mass is 303 g/mol. The van der Waals surface area contributed by atoms with Gasteiger partial charge in [-0.1, -0.05) is 26.7 Å². The summed E-state index contributed by atoms with van der Waals surface area (Å²) in [5, 5.41) is 4.06. The molecule has 1 fully saturated rings. The Labute approximate surface area is 128 Å². The van der Waals surface area contributed by atoms with Crippen LogP contribution in [0.15, 0.2) is 18.3 Å². The summed E-state index contributed by atoms with van der Waals surface area (Å²) in [6.45, 7) is 4.46. The van der Waals surface area contributed by atoms with Crippen molar-refractivity contribution in [3.05, 3.63) is 23.2 Å². The van der Waals surface area contributed by atoms with Crippen LogP contribution < -0.4 is 11.1 Å². The number of nitrogens with zero attached hydrogens (tertiary/aromatic N) is 1. The maximum Gasteiger partial charge on any atom is 0.263 e. The number of nitrogens with two attached hydrogens (primary N) is 1. The number of carbonyl (C=O) groups is 1. The van der Waals surface area contributed by atoms with Crippen molar-refractivity contribution in [1.82, 2.24) is 10.3 Å². The van der Waals surface area contributed by atoms with Crippen LogP contribution in [0.4, 0.5) is 5.69 Å². The first-order valence-corrected chi connectivity index (χ1v) is 8.24. The van der Waals surface area contributed by atoms with Gasteiger partial charge in [-0.15, -0.1) is 11.3 Å². The van der Waals surface area contributed by atoms with Crippen LogP contribution in [0.5, 0.6) is 0 Å². The van der Waals surface area contributed by atoms with E-state index >= 15 is 0 Å². The number of hydrogen-bond acceptors (Lipinski definition) is 4. The molecule has 1 aliphatic rings. The zero-order valence-electron chi connectivity index (χ0n) is 12.5. The van der Waals surface area contributed by atoms with E-state index in [1.54, 1.807) is 6.20 Å². The molecule has 3 N–H and O–H groups in total. The minimum absolute atomic E-state index is 0.0597. The number of nitrogens with one attached hydrogen (secondary N) is 1. The number of pyridine rings is 1. The smallest absolute Gasteiger partial charge is 0.263 e. The molecular formula is C16H21N3OS. The van der Waals surface area contributed by atoms with E-state index < -0.39 is 0 Å². The molecule has 0 bridgehead atoms. The summed E-state index contributed by atoms with van der Waals surface area (Å²) in [4.78, 5) is 18.3. The fraction of sp³-hybridized carbons (Fsp3) is 0.500. The van der Waals surface area contributed by atoms with Crippen molar-refractivity contribution in [2.24, 2.45) is 5.41 Å². The van der Waals surface area contributed by atoms with Crippen LogP contribution in [0.25, 0.3) is 10.2 Å². The first-order valence-electron chi connectivity index (χ1n) is 7.43. The molecule has 2 aromatic rings. The molecular weight excluding hydrogens is 282 g/mol. The quantitative estimate of drug-likeness (QED) is 0.891. The number of thiophene rings is 1.